The standard InChI is InChI=1S/C19H37N3O2/c1-6-24-18(23)16-10-12-21(19(2,3)4)14-17(16)15-9-7-8-11-22(13-15)20-5/h15-17,20H,6-14H2,1-5H3. The predicted octanol–water partition coefficient (Wildman–Crippen LogP) is 2.52. The average Bonchev–Trinajstić information content (AvgIpc) is 2.79. The highest BCUT2D eigenvalue weighted by Crippen LogP contribution is 2.37. The molecule has 2 rings (SSSR count). The van der Waals surface area contributed by atoms with Crippen molar-refractivity contribution in [1.82, 2.24) is 15.3 Å². The van der Waals surface area contributed by atoms with E-state index in [1.54, 1.807) is 0 Å². The van der Waals surface area contributed by atoms with Crippen LogP contribution >= 0.6 is 0 Å². The lowest BCUT2D eigenvalue weighted by Gasteiger charge is -2.47. The summed E-state index contributed by atoms with van der Waals surface area (Å²) < 4.78 is 5.42. The van der Waals surface area contributed by atoms with Gasteiger partial charge in [0.05, 0.1) is 12.5 Å². The highest BCUT2D eigenvalue weighted by atomic mass is 16.5. The van der Waals surface area contributed by atoms with Gasteiger partial charge in [-0.2, -0.15) is 0 Å². The van der Waals surface area contributed by atoms with E-state index in [0.717, 1.165) is 32.6 Å². The van der Waals surface area contributed by atoms with Crippen molar-refractivity contribution in [2.24, 2.45) is 17.8 Å². The third-order valence-corrected chi connectivity index (χ3v) is 5.83. The van der Waals surface area contributed by atoms with Crippen LogP contribution in [0.5, 0.6) is 0 Å². The predicted molar refractivity (Wildman–Crippen MR) is 97.5 cm³/mol. The summed E-state index contributed by atoms with van der Waals surface area (Å²) in [6.07, 6.45) is 4.63. The molecule has 2 heterocycles. The normalized spacial score (nSPS) is 30.8. The molecule has 5 nitrogen and oxygen atoms in total. The van der Waals surface area contributed by atoms with Crippen LogP contribution in [0.2, 0.25) is 0 Å². The van der Waals surface area contributed by atoms with E-state index in [1.807, 2.05) is 14.0 Å². The second kappa shape index (κ2) is 8.63. The number of esters is 1. The zero-order valence-corrected chi connectivity index (χ0v) is 16.3. The number of hydrogen-bond acceptors (Lipinski definition) is 5. The first-order valence-corrected chi connectivity index (χ1v) is 9.70. The van der Waals surface area contributed by atoms with E-state index in [9.17, 15) is 4.79 Å². The Morgan fingerprint density at radius 1 is 1.17 bits per heavy atom. The molecular weight excluding hydrogens is 302 g/mol. The molecule has 0 spiro atoms. The number of carbonyl (C=O) groups excluding carboxylic acids is 1. The van der Waals surface area contributed by atoms with Crippen molar-refractivity contribution in [3.63, 3.8) is 0 Å². The molecule has 5 heteroatoms. The number of ether oxygens (including phenoxy) is 1. The summed E-state index contributed by atoms with van der Waals surface area (Å²) in [6, 6.07) is 0. The summed E-state index contributed by atoms with van der Waals surface area (Å²) in [6.45, 7) is 13.4. The summed E-state index contributed by atoms with van der Waals surface area (Å²) in [7, 11) is 2.01. The summed E-state index contributed by atoms with van der Waals surface area (Å²) in [4.78, 5) is 15.1. The Balaban J connectivity index is 2.17. The Morgan fingerprint density at radius 3 is 2.54 bits per heavy atom. The molecule has 0 amide bonds. The maximum absolute atomic E-state index is 12.6. The number of piperidine rings is 1. The minimum Gasteiger partial charge on any atom is -0.466 e. The van der Waals surface area contributed by atoms with Crippen LogP contribution in [0.25, 0.3) is 0 Å². The zero-order valence-electron chi connectivity index (χ0n) is 16.3. The maximum Gasteiger partial charge on any atom is 0.309 e. The molecule has 3 atom stereocenters. The molecule has 0 bridgehead atoms. The molecule has 2 aliphatic heterocycles. The van der Waals surface area contributed by atoms with Gasteiger partial charge in [-0.05, 0) is 72.4 Å². The highest BCUT2D eigenvalue weighted by molar-refractivity contribution is 5.73. The average molecular weight is 340 g/mol. The van der Waals surface area contributed by atoms with E-state index < -0.39 is 0 Å². The van der Waals surface area contributed by atoms with Crippen molar-refractivity contribution in [2.45, 2.75) is 58.9 Å². The number of nitrogens with zero attached hydrogens (tertiary/aromatic N) is 2. The molecule has 24 heavy (non-hydrogen) atoms. The lowest BCUT2D eigenvalue weighted by Crippen LogP contribution is -2.54. The van der Waals surface area contributed by atoms with Crippen molar-refractivity contribution < 1.29 is 9.53 Å². The van der Waals surface area contributed by atoms with Crippen LogP contribution in [0.3, 0.4) is 0 Å². The summed E-state index contributed by atoms with van der Waals surface area (Å²) >= 11 is 0. The molecule has 140 valence electrons. The molecule has 0 radical (unpaired) electrons. The van der Waals surface area contributed by atoms with Gasteiger partial charge < -0.3 is 4.74 Å². The van der Waals surface area contributed by atoms with Gasteiger partial charge in [-0.25, -0.2) is 5.01 Å². The van der Waals surface area contributed by atoms with Gasteiger partial charge in [0, 0.05) is 25.2 Å². The van der Waals surface area contributed by atoms with Crippen LogP contribution in [0.15, 0.2) is 0 Å². The number of hydrogen-bond donors (Lipinski definition) is 1. The molecule has 2 fully saturated rings. The lowest BCUT2D eigenvalue weighted by molar-refractivity contribution is -0.154. The van der Waals surface area contributed by atoms with Gasteiger partial charge in [0.1, 0.15) is 0 Å². The third kappa shape index (κ3) is 4.93. The molecule has 0 aromatic heterocycles. The molecule has 0 aliphatic carbocycles. The third-order valence-electron chi connectivity index (χ3n) is 5.83. The minimum atomic E-state index is 0.0244. The van der Waals surface area contributed by atoms with Crippen LogP contribution < -0.4 is 5.43 Å². The van der Waals surface area contributed by atoms with Crippen molar-refractivity contribution in [2.75, 3.05) is 39.8 Å². The summed E-state index contributed by atoms with van der Waals surface area (Å²) in [5.41, 5.74) is 3.49. The molecule has 2 aliphatic rings. The topological polar surface area (TPSA) is 44.8 Å². The summed E-state index contributed by atoms with van der Waals surface area (Å²) in [5, 5.41) is 2.33. The SMILES string of the molecule is CCOC(=O)C1CCN(C(C)(C)C)CC1C1CCCCN(NC)C1. The van der Waals surface area contributed by atoms with Crippen molar-refractivity contribution in [1.29, 1.82) is 0 Å². The first kappa shape index (κ1) is 19.7. The van der Waals surface area contributed by atoms with Crippen molar-refractivity contribution in [3.05, 3.63) is 0 Å². The fourth-order valence-corrected chi connectivity index (χ4v) is 4.34. The zero-order chi connectivity index (χ0) is 17.7. The molecule has 3 unspecified atom stereocenters. The number of hydrazine groups is 1. The van der Waals surface area contributed by atoms with E-state index >= 15 is 0 Å². The van der Waals surface area contributed by atoms with E-state index in [2.05, 4.69) is 36.1 Å². The lowest BCUT2D eigenvalue weighted by atomic mass is 9.74. The van der Waals surface area contributed by atoms with Gasteiger partial charge in [0.15, 0.2) is 0 Å². The van der Waals surface area contributed by atoms with Crippen LogP contribution in [-0.2, 0) is 9.53 Å². The first-order chi connectivity index (χ1) is 11.4. The van der Waals surface area contributed by atoms with Crippen LogP contribution in [0.1, 0.15) is 53.4 Å². The Kier molecular flexibility index (Phi) is 7.08. The number of rotatable bonds is 4. The largest absolute Gasteiger partial charge is 0.466 e. The van der Waals surface area contributed by atoms with Crippen LogP contribution in [0, 0.1) is 17.8 Å². The van der Waals surface area contributed by atoms with E-state index in [1.165, 1.54) is 19.3 Å². The number of nitrogens with one attached hydrogen (secondary N) is 1. The van der Waals surface area contributed by atoms with Crippen LogP contribution in [0.4, 0.5) is 0 Å². The van der Waals surface area contributed by atoms with Gasteiger partial charge in [-0.3, -0.25) is 15.1 Å². The van der Waals surface area contributed by atoms with Crippen molar-refractivity contribution >= 4 is 5.97 Å². The fraction of sp³-hybridized carbons (Fsp3) is 0.947. The first-order valence-electron chi connectivity index (χ1n) is 9.70. The molecule has 0 aromatic carbocycles. The van der Waals surface area contributed by atoms with Gasteiger partial charge in [0.25, 0.3) is 0 Å². The molecular formula is C19H37N3O2. The van der Waals surface area contributed by atoms with Gasteiger partial charge in [-0.1, -0.05) is 6.42 Å². The molecule has 2 saturated heterocycles. The highest BCUT2D eigenvalue weighted by Gasteiger charge is 2.42. The number of likely N-dealkylation sites (tertiary alicyclic amines) is 1. The molecule has 1 N–H and O–H groups in total. The van der Waals surface area contributed by atoms with Gasteiger partial charge >= 0.3 is 5.97 Å². The number of carbonyl (C=O) groups is 1. The smallest absolute Gasteiger partial charge is 0.309 e. The second-order valence-corrected chi connectivity index (χ2v) is 8.35. The van der Waals surface area contributed by atoms with Crippen LogP contribution in [-0.4, -0.2) is 61.3 Å². The minimum absolute atomic E-state index is 0.0244. The van der Waals surface area contributed by atoms with E-state index in [4.69, 9.17) is 4.74 Å². The Labute approximate surface area is 148 Å². The fourth-order valence-electron chi connectivity index (χ4n) is 4.34. The van der Waals surface area contributed by atoms with E-state index in [0.29, 0.717) is 18.4 Å². The van der Waals surface area contributed by atoms with Gasteiger partial charge in [-0.15, -0.1) is 0 Å². The Bertz CT molecular complexity index is 408. The van der Waals surface area contributed by atoms with Crippen molar-refractivity contribution in [3.8, 4) is 0 Å². The Morgan fingerprint density at radius 2 is 1.92 bits per heavy atom. The quantitative estimate of drug-likeness (QED) is 0.798. The second-order valence-electron chi connectivity index (χ2n) is 8.35. The van der Waals surface area contributed by atoms with E-state index in [-0.39, 0.29) is 17.4 Å². The Hall–Kier alpha value is -0.650. The van der Waals surface area contributed by atoms with Gasteiger partial charge in [0.2, 0.25) is 0 Å². The molecule has 0 aromatic rings. The molecule has 0 saturated carbocycles. The maximum atomic E-state index is 12.6. The monoisotopic (exact) mass is 339 g/mol. The summed E-state index contributed by atoms with van der Waals surface area (Å²) in [5.74, 6) is 1.03.